The summed E-state index contributed by atoms with van der Waals surface area (Å²) in [6, 6.07) is 9.12. The van der Waals surface area contributed by atoms with Crippen LogP contribution >= 0.6 is 0 Å². The van der Waals surface area contributed by atoms with E-state index in [0.29, 0.717) is 45.8 Å². The van der Waals surface area contributed by atoms with Crippen LogP contribution in [0.5, 0.6) is 5.75 Å². The molecule has 0 bridgehead atoms. The molecule has 10 heteroatoms. The van der Waals surface area contributed by atoms with Gasteiger partial charge in [0.25, 0.3) is 0 Å². The molecule has 0 atom stereocenters. The van der Waals surface area contributed by atoms with Crippen LogP contribution < -0.4 is 15.4 Å². The van der Waals surface area contributed by atoms with Crippen LogP contribution in [0, 0.1) is 5.92 Å². The summed E-state index contributed by atoms with van der Waals surface area (Å²) in [5.41, 5.74) is 1.78. The predicted molar refractivity (Wildman–Crippen MR) is 123 cm³/mol. The number of pyridine rings is 3. The number of carbonyl (C=O) groups excluding carboxylic acids is 1. The Balaban J connectivity index is 1.53. The van der Waals surface area contributed by atoms with Crippen molar-refractivity contribution < 1.29 is 9.53 Å². The molecule has 5 rings (SSSR count). The molecule has 1 aliphatic carbocycles. The molecule has 166 valence electrons. The first kappa shape index (κ1) is 20.6. The molecule has 0 amide bonds. The quantitative estimate of drug-likeness (QED) is 0.393. The van der Waals surface area contributed by atoms with Crippen molar-refractivity contribution in [2.45, 2.75) is 12.8 Å². The lowest BCUT2D eigenvalue weighted by Gasteiger charge is -2.16. The Hall–Kier alpha value is -4.34. The van der Waals surface area contributed by atoms with Crippen LogP contribution in [0.2, 0.25) is 0 Å². The van der Waals surface area contributed by atoms with E-state index in [1.54, 1.807) is 55.9 Å². The second-order valence-corrected chi connectivity index (χ2v) is 7.70. The Morgan fingerprint density at radius 1 is 1.06 bits per heavy atom. The van der Waals surface area contributed by atoms with E-state index in [-0.39, 0.29) is 11.7 Å². The summed E-state index contributed by atoms with van der Waals surface area (Å²) in [4.78, 5) is 30.4. The summed E-state index contributed by atoms with van der Waals surface area (Å²) in [5, 5.41) is 10.8. The number of methoxy groups -OCH3 is 1. The van der Waals surface area contributed by atoms with Gasteiger partial charge in [-0.3, -0.25) is 9.48 Å². The van der Waals surface area contributed by atoms with Crippen molar-refractivity contribution in [1.29, 1.82) is 0 Å². The fraction of sp³-hybridized carbons (Fsp3) is 0.217. The summed E-state index contributed by atoms with van der Waals surface area (Å²) < 4.78 is 7.28. The van der Waals surface area contributed by atoms with Crippen LogP contribution in [0.25, 0.3) is 11.4 Å². The fourth-order valence-electron chi connectivity index (χ4n) is 3.47. The Morgan fingerprint density at radius 2 is 1.94 bits per heavy atom. The van der Waals surface area contributed by atoms with E-state index < -0.39 is 0 Å². The number of nitrogens with zero attached hydrogens (tertiary/aromatic N) is 6. The molecule has 33 heavy (non-hydrogen) atoms. The molecule has 0 unspecified atom stereocenters. The lowest BCUT2D eigenvalue weighted by Crippen LogP contribution is -2.09. The lowest BCUT2D eigenvalue weighted by molar-refractivity contribution is 0.0968. The largest absolute Gasteiger partial charge is 0.492 e. The summed E-state index contributed by atoms with van der Waals surface area (Å²) in [6.07, 6.45) is 8.34. The highest BCUT2D eigenvalue weighted by Crippen LogP contribution is 2.38. The minimum absolute atomic E-state index is 0.0425. The van der Waals surface area contributed by atoms with Crippen LogP contribution in [-0.2, 0) is 7.05 Å². The van der Waals surface area contributed by atoms with Crippen LogP contribution in [0.4, 0.5) is 23.1 Å². The molecule has 0 spiro atoms. The standard InChI is InChI=1S/C23H22N8O2/c1-31-13-27-22(30-31)15-8-10-25-23(21(15)33-2)28-17-11-19(29-18-5-3-4-9-24-18)26-12-16(17)20(32)14-6-7-14/h3-5,8-14H,6-7H2,1-2H3,(H2,24,25,26,28,29). The first-order chi connectivity index (χ1) is 16.1. The molecule has 0 radical (unpaired) electrons. The Kier molecular flexibility index (Phi) is 5.39. The van der Waals surface area contributed by atoms with Crippen LogP contribution in [-0.4, -0.2) is 42.6 Å². The molecule has 1 saturated carbocycles. The summed E-state index contributed by atoms with van der Waals surface area (Å²) in [7, 11) is 3.36. The van der Waals surface area contributed by atoms with E-state index in [4.69, 9.17) is 4.74 Å². The number of nitrogens with one attached hydrogen (secondary N) is 2. The Labute approximate surface area is 190 Å². The van der Waals surface area contributed by atoms with Crippen molar-refractivity contribution in [3.8, 4) is 17.1 Å². The molecule has 0 aliphatic heterocycles. The van der Waals surface area contributed by atoms with Gasteiger partial charge in [-0.25, -0.2) is 19.9 Å². The lowest BCUT2D eigenvalue weighted by atomic mass is 10.1. The number of Topliss-reactive ketones (excluding diaryl/α,β-unsaturated/α-hetero) is 1. The van der Waals surface area contributed by atoms with E-state index in [9.17, 15) is 4.79 Å². The van der Waals surface area contributed by atoms with Gasteiger partial charge in [0.05, 0.1) is 23.9 Å². The molecule has 4 aromatic heterocycles. The van der Waals surface area contributed by atoms with Gasteiger partial charge in [-0.15, -0.1) is 0 Å². The third-order valence-corrected chi connectivity index (χ3v) is 5.24. The monoisotopic (exact) mass is 442 g/mol. The fourth-order valence-corrected chi connectivity index (χ4v) is 3.47. The Morgan fingerprint density at radius 3 is 2.64 bits per heavy atom. The number of aromatic nitrogens is 6. The van der Waals surface area contributed by atoms with Crippen molar-refractivity contribution in [3.05, 3.63) is 60.8 Å². The number of hydrogen-bond donors (Lipinski definition) is 2. The molecule has 2 N–H and O–H groups in total. The van der Waals surface area contributed by atoms with Crippen LogP contribution in [0.15, 0.2) is 55.2 Å². The first-order valence-corrected chi connectivity index (χ1v) is 10.5. The van der Waals surface area contributed by atoms with Crippen LogP contribution in [0.3, 0.4) is 0 Å². The van der Waals surface area contributed by atoms with E-state index >= 15 is 0 Å². The highest BCUT2D eigenvalue weighted by molar-refractivity contribution is 6.04. The number of aryl methyl sites for hydroxylation is 1. The molecular weight excluding hydrogens is 420 g/mol. The van der Waals surface area contributed by atoms with E-state index in [1.165, 1.54) is 0 Å². The van der Waals surface area contributed by atoms with Gasteiger partial charge in [-0.2, -0.15) is 5.10 Å². The highest BCUT2D eigenvalue weighted by atomic mass is 16.5. The van der Waals surface area contributed by atoms with Crippen molar-refractivity contribution in [1.82, 2.24) is 29.7 Å². The molecule has 1 fully saturated rings. The average Bonchev–Trinajstić information content (AvgIpc) is 3.60. The zero-order valence-corrected chi connectivity index (χ0v) is 18.2. The molecule has 0 aromatic carbocycles. The maximum Gasteiger partial charge on any atom is 0.185 e. The van der Waals surface area contributed by atoms with Gasteiger partial charge >= 0.3 is 0 Å². The summed E-state index contributed by atoms with van der Waals surface area (Å²) >= 11 is 0. The number of rotatable bonds is 8. The van der Waals surface area contributed by atoms with Crippen molar-refractivity contribution in [3.63, 3.8) is 0 Å². The van der Waals surface area contributed by atoms with E-state index in [1.807, 2.05) is 18.2 Å². The van der Waals surface area contributed by atoms with Crippen molar-refractivity contribution in [2.75, 3.05) is 17.7 Å². The average molecular weight is 442 g/mol. The van der Waals surface area contributed by atoms with Crippen LogP contribution in [0.1, 0.15) is 23.2 Å². The van der Waals surface area contributed by atoms with Gasteiger partial charge in [0.1, 0.15) is 18.0 Å². The topological polar surface area (TPSA) is 120 Å². The van der Waals surface area contributed by atoms with Gasteiger partial charge in [0, 0.05) is 37.6 Å². The zero-order valence-electron chi connectivity index (χ0n) is 18.2. The number of ether oxygens (including phenoxy) is 1. The molecule has 4 heterocycles. The maximum atomic E-state index is 12.9. The van der Waals surface area contributed by atoms with E-state index in [2.05, 4.69) is 35.7 Å². The molecule has 4 aromatic rings. The van der Waals surface area contributed by atoms with Gasteiger partial charge in [0.15, 0.2) is 23.2 Å². The number of hydrogen-bond acceptors (Lipinski definition) is 9. The molecule has 10 nitrogen and oxygen atoms in total. The number of anilines is 4. The highest BCUT2D eigenvalue weighted by Gasteiger charge is 2.32. The van der Waals surface area contributed by atoms with Gasteiger partial charge < -0.3 is 15.4 Å². The molecular formula is C23H22N8O2. The summed E-state index contributed by atoms with van der Waals surface area (Å²) in [6.45, 7) is 0. The van der Waals surface area contributed by atoms with Gasteiger partial charge in [-0.05, 0) is 31.0 Å². The predicted octanol–water partition coefficient (Wildman–Crippen LogP) is 3.76. The minimum atomic E-state index is 0.0425. The molecule has 1 aliphatic rings. The normalized spacial score (nSPS) is 12.9. The molecule has 0 saturated heterocycles. The second-order valence-electron chi connectivity index (χ2n) is 7.70. The van der Waals surface area contributed by atoms with Crippen molar-refractivity contribution in [2.24, 2.45) is 13.0 Å². The van der Waals surface area contributed by atoms with Crippen molar-refractivity contribution >= 4 is 28.9 Å². The Bertz CT molecular complexity index is 1300. The zero-order chi connectivity index (χ0) is 22.8. The first-order valence-electron chi connectivity index (χ1n) is 10.5. The SMILES string of the molecule is COc1c(-c2ncn(C)n2)ccnc1Nc1cc(Nc2ccccn2)ncc1C(=O)C1CC1. The minimum Gasteiger partial charge on any atom is -0.492 e. The number of carbonyl (C=O) groups is 1. The van der Waals surface area contributed by atoms with Gasteiger partial charge in [-0.1, -0.05) is 6.07 Å². The summed E-state index contributed by atoms with van der Waals surface area (Å²) in [5.74, 6) is 2.74. The maximum absolute atomic E-state index is 12.9. The third-order valence-electron chi connectivity index (χ3n) is 5.24. The number of ketones is 1. The van der Waals surface area contributed by atoms with E-state index in [0.717, 1.165) is 12.8 Å². The third kappa shape index (κ3) is 4.36. The second kappa shape index (κ2) is 8.65. The van der Waals surface area contributed by atoms with Gasteiger partial charge in [0.2, 0.25) is 0 Å². The smallest absolute Gasteiger partial charge is 0.185 e.